The molecule has 1 aromatic rings. The number of rotatable bonds is 4. The Morgan fingerprint density at radius 3 is 2.59 bits per heavy atom. The molecule has 3 nitrogen and oxygen atoms in total. The van der Waals surface area contributed by atoms with Gasteiger partial charge in [-0.1, -0.05) is 6.07 Å². The van der Waals surface area contributed by atoms with Crippen LogP contribution in [0.25, 0.3) is 0 Å². The zero-order valence-electron chi connectivity index (χ0n) is 10.9. The van der Waals surface area contributed by atoms with Gasteiger partial charge < -0.3 is 10.5 Å². The van der Waals surface area contributed by atoms with E-state index in [2.05, 4.69) is 19.9 Å². The van der Waals surface area contributed by atoms with Gasteiger partial charge in [0.25, 0.3) is 0 Å². The van der Waals surface area contributed by atoms with Crippen molar-refractivity contribution >= 4 is 0 Å². The summed E-state index contributed by atoms with van der Waals surface area (Å²) in [7, 11) is 0. The molecule has 3 heteroatoms. The minimum atomic E-state index is -0.834. The topological polar surface area (TPSA) is 59.0 Å². The number of hydrogen-bond donors (Lipinski definition) is 1. The standard InChI is InChI=1S/C14H20N2O/c1-10-5-6-13(7-11(10)2)17-12(3)8-14(4,16)9-15/h5-7,12H,8,16H2,1-4H3. The summed E-state index contributed by atoms with van der Waals surface area (Å²) in [5, 5.41) is 8.86. The highest BCUT2D eigenvalue weighted by Gasteiger charge is 2.21. The fraction of sp³-hybridized carbons (Fsp3) is 0.500. The van der Waals surface area contributed by atoms with Crippen molar-refractivity contribution in [3.05, 3.63) is 29.3 Å². The van der Waals surface area contributed by atoms with E-state index < -0.39 is 5.54 Å². The molecule has 0 saturated carbocycles. The second kappa shape index (κ2) is 5.20. The lowest BCUT2D eigenvalue weighted by molar-refractivity contribution is 0.191. The van der Waals surface area contributed by atoms with Crippen molar-refractivity contribution in [2.24, 2.45) is 5.73 Å². The van der Waals surface area contributed by atoms with Crippen molar-refractivity contribution in [2.75, 3.05) is 0 Å². The number of nitriles is 1. The van der Waals surface area contributed by atoms with Crippen molar-refractivity contribution in [1.82, 2.24) is 0 Å². The van der Waals surface area contributed by atoms with Crippen LogP contribution in [-0.4, -0.2) is 11.6 Å². The highest BCUT2D eigenvalue weighted by Crippen LogP contribution is 2.20. The minimum Gasteiger partial charge on any atom is -0.491 e. The highest BCUT2D eigenvalue weighted by atomic mass is 16.5. The quantitative estimate of drug-likeness (QED) is 0.868. The molecule has 0 amide bonds. The van der Waals surface area contributed by atoms with Crippen LogP contribution < -0.4 is 10.5 Å². The molecule has 0 fully saturated rings. The van der Waals surface area contributed by atoms with Crippen LogP contribution in [0.2, 0.25) is 0 Å². The molecule has 0 bridgehead atoms. The molecule has 0 saturated heterocycles. The molecule has 0 aliphatic heterocycles. The van der Waals surface area contributed by atoms with Crippen LogP contribution in [0.15, 0.2) is 18.2 Å². The Hall–Kier alpha value is -1.53. The molecule has 1 aromatic carbocycles. The second-order valence-corrected chi connectivity index (χ2v) is 4.91. The Bertz CT molecular complexity index is 432. The third kappa shape index (κ3) is 4.08. The van der Waals surface area contributed by atoms with Crippen LogP contribution in [0.3, 0.4) is 0 Å². The molecule has 0 aliphatic carbocycles. The minimum absolute atomic E-state index is 0.0771. The van der Waals surface area contributed by atoms with Gasteiger partial charge in [0.2, 0.25) is 0 Å². The van der Waals surface area contributed by atoms with Gasteiger partial charge >= 0.3 is 0 Å². The monoisotopic (exact) mass is 232 g/mol. The van der Waals surface area contributed by atoms with E-state index in [-0.39, 0.29) is 6.10 Å². The van der Waals surface area contributed by atoms with E-state index in [1.165, 1.54) is 11.1 Å². The number of nitrogens with two attached hydrogens (primary N) is 1. The van der Waals surface area contributed by atoms with Gasteiger partial charge in [-0.2, -0.15) is 5.26 Å². The molecule has 92 valence electrons. The van der Waals surface area contributed by atoms with Crippen molar-refractivity contribution in [3.63, 3.8) is 0 Å². The Morgan fingerprint density at radius 1 is 1.41 bits per heavy atom. The lowest BCUT2D eigenvalue weighted by Crippen LogP contribution is -2.38. The van der Waals surface area contributed by atoms with Gasteiger partial charge in [0.05, 0.1) is 12.2 Å². The molecule has 17 heavy (non-hydrogen) atoms. The SMILES string of the molecule is Cc1ccc(OC(C)CC(C)(N)C#N)cc1C. The summed E-state index contributed by atoms with van der Waals surface area (Å²) < 4.78 is 5.76. The van der Waals surface area contributed by atoms with Gasteiger partial charge in [-0.3, -0.25) is 0 Å². The van der Waals surface area contributed by atoms with Crippen molar-refractivity contribution in [2.45, 2.75) is 45.8 Å². The Labute approximate surface area is 103 Å². The number of nitrogens with zero attached hydrogens (tertiary/aromatic N) is 1. The van der Waals surface area contributed by atoms with Gasteiger partial charge in [-0.15, -0.1) is 0 Å². The molecule has 0 spiro atoms. The van der Waals surface area contributed by atoms with Gasteiger partial charge in [0.1, 0.15) is 11.3 Å². The Morgan fingerprint density at radius 2 is 2.06 bits per heavy atom. The third-order valence-corrected chi connectivity index (χ3v) is 2.78. The highest BCUT2D eigenvalue weighted by molar-refractivity contribution is 5.33. The number of aryl methyl sites for hydroxylation is 2. The average Bonchev–Trinajstić information content (AvgIpc) is 2.23. The smallest absolute Gasteiger partial charge is 0.119 e. The van der Waals surface area contributed by atoms with E-state index in [1.54, 1.807) is 6.92 Å². The van der Waals surface area contributed by atoms with E-state index in [4.69, 9.17) is 15.7 Å². The molecule has 0 radical (unpaired) electrons. The molecule has 1 rings (SSSR count). The van der Waals surface area contributed by atoms with Crippen molar-refractivity contribution < 1.29 is 4.74 Å². The van der Waals surface area contributed by atoms with Crippen LogP contribution in [0, 0.1) is 25.2 Å². The molecule has 0 aliphatic rings. The molecule has 0 aromatic heterocycles. The van der Waals surface area contributed by atoms with Crippen LogP contribution in [0.5, 0.6) is 5.75 Å². The maximum absolute atomic E-state index is 8.86. The molecule has 2 N–H and O–H groups in total. The summed E-state index contributed by atoms with van der Waals surface area (Å²) in [4.78, 5) is 0. The molecule has 2 atom stereocenters. The zero-order chi connectivity index (χ0) is 13.1. The van der Waals surface area contributed by atoms with Gasteiger partial charge in [0, 0.05) is 6.42 Å². The van der Waals surface area contributed by atoms with E-state index in [0.717, 1.165) is 5.75 Å². The Kier molecular flexibility index (Phi) is 4.14. The summed E-state index contributed by atoms with van der Waals surface area (Å²) in [6, 6.07) is 8.06. The fourth-order valence-corrected chi connectivity index (χ4v) is 1.70. The Balaban J connectivity index is 2.66. The lowest BCUT2D eigenvalue weighted by Gasteiger charge is -2.22. The van der Waals surface area contributed by atoms with Gasteiger partial charge in [-0.25, -0.2) is 0 Å². The summed E-state index contributed by atoms with van der Waals surface area (Å²) in [5.41, 5.74) is 7.39. The second-order valence-electron chi connectivity index (χ2n) is 4.91. The summed E-state index contributed by atoms with van der Waals surface area (Å²) in [6.07, 6.45) is 0.433. The number of ether oxygens (including phenoxy) is 1. The van der Waals surface area contributed by atoms with Gasteiger partial charge in [-0.05, 0) is 51.0 Å². The predicted molar refractivity (Wildman–Crippen MR) is 68.8 cm³/mol. The summed E-state index contributed by atoms with van der Waals surface area (Å²) in [6.45, 7) is 7.76. The first kappa shape index (κ1) is 13.5. The average molecular weight is 232 g/mol. The van der Waals surface area contributed by atoms with E-state index in [9.17, 15) is 0 Å². The number of hydrogen-bond acceptors (Lipinski definition) is 3. The summed E-state index contributed by atoms with van der Waals surface area (Å²) in [5.74, 6) is 0.828. The molecular weight excluding hydrogens is 212 g/mol. The molecular formula is C14H20N2O. The predicted octanol–water partition coefficient (Wildman–Crippen LogP) is 2.70. The van der Waals surface area contributed by atoms with E-state index >= 15 is 0 Å². The van der Waals surface area contributed by atoms with Crippen LogP contribution in [0.4, 0.5) is 0 Å². The largest absolute Gasteiger partial charge is 0.491 e. The maximum Gasteiger partial charge on any atom is 0.119 e. The number of benzene rings is 1. The first-order valence-electron chi connectivity index (χ1n) is 5.78. The maximum atomic E-state index is 8.86. The normalized spacial score (nSPS) is 15.8. The zero-order valence-corrected chi connectivity index (χ0v) is 10.9. The van der Waals surface area contributed by atoms with Crippen molar-refractivity contribution in [1.29, 1.82) is 5.26 Å². The molecule has 2 unspecified atom stereocenters. The first-order valence-corrected chi connectivity index (χ1v) is 5.78. The first-order chi connectivity index (χ1) is 7.84. The van der Waals surface area contributed by atoms with Crippen molar-refractivity contribution in [3.8, 4) is 11.8 Å². The van der Waals surface area contributed by atoms with Crippen LogP contribution >= 0.6 is 0 Å². The van der Waals surface area contributed by atoms with E-state index in [0.29, 0.717) is 6.42 Å². The third-order valence-electron chi connectivity index (χ3n) is 2.78. The van der Waals surface area contributed by atoms with Crippen LogP contribution in [-0.2, 0) is 0 Å². The van der Waals surface area contributed by atoms with Crippen LogP contribution in [0.1, 0.15) is 31.4 Å². The lowest BCUT2D eigenvalue weighted by atomic mass is 9.98. The summed E-state index contributed by atoms with van der Waals surface area (Å²) >= 11 is 0. The fourth-order valence-electron chi connectivity index (χ4n) is 1.70. The van der Waals surface area contributed by atoms with E-state index in [1.807, 2.05) is 25.1 Å². The van der Waals surface area contributed by atoms with Gasteiger partial charge in [0.15, 0.2) is 0 Å². The molecule has 0 heterocycles.